The van der Waals surface area contributed by atoms with Gasteiger partial charge < -0.3 is 5.32 Å². The molecule has 0 saturated carbocycles. The van der Waals surface area contributed by atoms with Crippen molar-refractivity contribution in [2.24, 2.45) is 0 Å². The number of thiophene rings is 1. The first-order chi connectivity index (χ1) is 9.83. The van der Waals surface area contributed by atoms with E-state index >= 15 is 0 Å². The zero-order valence-corrected chi connectivity index (χ0v) is 12.1. The monoisotopic (exact) mass is 301 g/mol. The standard InChI is InChI=1S/C14H11N3OS2/c18-13(12-4-2-6-19-12)16-8-11-9-20-14(17-11)10-3-1-5-15-7-10/h1-7,9H,8H2,(H,16,18). The molecule has 0 radical (unpaired) electrons. The number of thiazole rings is 1. The summed E-state index contributed by atoms with van der Waals surface area (Å²) in [5, 5.41) is 7.62. The fraction of sp³-hybridized carbons (Fsp3) is 0.0714. The minimum Gasteiger partial charge on any atom is -0.346 e. The Hall–Kier alpha value is -2.05. The van der Waals surface area contributed by atoms with Gasteiger partial charge in [0.15, 0.2) is 0 Å². The zero-order valence-electron chi connectivity index (χ0n) is 10.4. The number of nitrogens with one attached hydrogen (secondary N) is 1. The third kappa shape index (κ3) is 2.92. The first kappa shape index (κ1) is 13.0. The molecule has 0 fully saturated rings. The van der Waals surface area contributed by atoms with Crippen molar-refractivity contribution in [2.75, 3.05) is 0 Å². The number of pyridine rings is 1. The summed E-state index contributed by atoms with van der Waals surface area (Å²) in [4.78, 5) is 21.1. The van der Waals surface area contributed by atoms with Gasteiger partial charge in [0.25, 0.3) is 5.91 Å². The van der Waals surface area contributed by atoms with E-state index in [-0.39, 0.29) is 5.91 Å². The molecule has 6 heteroatoms. The number of nitrogens with zero attached hydrogens (tertiary/aromatic N) is 2. The van der Waals surface area contributed by atoms with E-state index in [0.29, 0.717) is 11.4 Å². The highest BCUT2D eigenvalue weighted by atomic mass is 32.1. The number of hydrogen-bond acceptors (Lipinski definition) is 5. The van der Waals surface area contributed by atoms with Crippen LogP contribution in [0.2, 0.25) is 0 Å². The van der Waals surface area contributed by atoms with Gasteiger partial charge in [-0.15, -0.1) is 22.7 Å². The second kappa shape index (κ2) is 5.94. The van der Waals surface area contributed by atoms with Crippen LogP contribution in [-0.4, -0.2) is 15.9 Å². The van der Waals surface area contributed by atoms with Crippen LogP contribution in [0, 0.1) is 0 Å². The predicted molar refractivity (Wildman–Crippen MR) is 80.8 cm³/mol. The molecule has 1 amide bonds. The molecule has 0 spiro atoms. The van der Waals surface area contributed by atoms with Gasteiger partial charge in [0.05, 0.1) is 17.1 Å². The number of rotatable bonds is 4. The highest BCUT2D eigenvalue weighted by molar-refractivity contribution is 7.13. The molecule has 0 unspecified atom stereocenters. The first-order valence-electron chi connectivity index (χ1n) is 5.99. The number of carbonyl (C=O) groups excluding carboxylic acids is 1. The van der Waals surface area contributed by atoms with Crippen molar-refractivity contribution < 1.29 is 4.79 Å². The highest BCUT2D eigenvalue weighted by Gasteiger charge is 2.08. The summed E-state index contributed by atoms with van der Waals surface area (Å²) in [6.07, 6.45) is 3.52. The van der Waals surface area contributed by atoms with Gasteiger partial charge in [-0.1, -0.05) is 6.07 Å². The minimum atomic E-state index is -0.0593. The third-order valence-corrected chi connectivity index (χ3v) is 4.44. The Labute approximate surface area is 124 Å². The zero-order chi connectivity index (χ0) is 13.8. The molecule has 3 aromatic heterocycles. The van der Waals surface area contributed by atoms with Crippen LogP contribution in [0.1, 0.15) is 15.4 Å². The van der Waals surface area contributed by atoms with Crippen LogP contribution in [0.25, 0.3) is 10.6 Å². The number of hydrogen-bond donors (Lipinski definition) is 1. The number of carbonyl (C=O) groups is 1. The van der Waals surface area contributed by atoms with Gasteiger partial charge >= 0.3 is 0 Å². The molecule has 0 saturated heterocycles. The molecule has 100 valence electrons. The van der Waals surface area contributed by atoms with Crippen molar-refractivity contribution in [2.45, 2.75) is 6.54 Å². The van der Waals surface area contributed by atoms with Gasteiger partial charge in [-0.3, -0.25) is 9.78 Å². The first-order valence-corrected chi connectivity index (χ1v) is 7.75. The maximum absolute atomic E-state index is 11.8. The molecule has 1 N–H and O–H groups in total. The third-order valence-electron chi connectivity index (χ3n) is 2.64. The SMILES string of the molecule is O=C(NCc1csc(-c2cccnc2)n1)c1cccs1. The second-order valence-electron chi connectivity index (χ2n) is 4.05. The van der Waals surface area contributed by atoms with Gasteiger partial charge in [-0.05, 0) is 23.6 Å². The van der Waals surface area contributed by atoms with E-state index in [9.17, 15) is 4.79 Å². The summed E-state index contributed by atoms with van der Waals surface area (Å²) in [5.41, 5.74) is 1.85. The van der Waals surface area contributed by atoms with Crippen LogP contribution >= 0.6 is 22.7 Å². The number of amides is 1. The molecular weight excluding hydrogens is 290 g/mol. The summed E-state index contributed by atoms with van der Waals surface area (Å²) in [5.74, 6) is -0.0593. The van der Waals surface area contributed by atoms with Crippen molar-refractivity contribution in [3.8, 4) is 10.6 Å². The largest absolute Gasteiger partial charge is 0.346 e. The predicted octanol–water partition coefficient (Wildman–Crippen LogP) is 3.20. The quantitative estimate of drug-likeness (QED) is 0.805. The van der Waals surface area contributed by atoms with Crippen molar-refractivity contribution in [3.05, 3.63) is 58.0 Å². The van der Waals surface area contributed by atoms with Gasteiger partial charge in [-0.2, -0.15) is 0 Å². The molecule has 0 aliphatic heterocycles. The van der Waals surface area contributed by atoms with Gasteiger partial charge in [-0.25, -0.2) is 4.98 Å². The molecule has 3 heterocycles. The van der Waals surface area contributed by atoms with Crippen LogP contribution in [0.3, 0.4) is 0 Å². The Balaban J connectivity index is 1.65. The van der Waals surface area contributed by atoms with Gasteiger partial charge in [0.2, 0.25) is 0 Å². The Bertz CT molecular complexity index is 692. The molecule has 0 bridgehead atoms. The van der Waals surface area contributed by atoms with E-state index in [4.69, 9.17) is 0 Å². The summed E-state index contributed by atoms with van der Waals surface area (Å²) >= 11 is 2.98. The van der Waals surface area contributed by atoms with Gasteiger partial charge in [0, 0.05) is 23.3 Å². The Morgan fingerprint density at radius 1 is 1.25 bits per heavy atom. The fourth-order valence-electron chi connectivity index (χ4n) is 1.68. The summed E-state index contributed by atoms with van der Waals surface area (Å²) in [6, 6.07) is 7.53. The summed E-state index contributed by atoms with van der Waals surface area (Å²) in [6.45, 7) is 0.438. The average molecular weight is 301 g/mol. The van der Waals surface area contributed by atoms with E-state index in [1.54, 1.807) is 23.7 Å². The Morgan fingerprint density at radius 3 is 2.95 bits per heavy atom. The maximum atomic E-state index is 11.8. The lowest BCUT2D eigenvalue weighted by Crippen LogP contribution is -2.21. The molecule has 3 rings (SSSR count). The smallest absolute Gasteiger partial charge is 0.261 e. The van der Waals surface area contributed by atoms with Crippen molar-refractivity contribution >= 4 is 28.6 Å². The lowest BCUT2D eigenvalue weighted by atomic mass is 10.3. The van der Waals surface area contributed by atoms with E-state index in [0.717, 1.165) is 16.3 Å². The number of aromatic nitrogens is 2. The molecule has 3 aromatic rings. The Kier molecular flexibility index (Phi) is 3.85. The maximum Gasteiger partial charge on any atom is 0.261 e. The second-order valence-corrected chi connectivity index (χ2v) is 5.85. The normalized spacial score (nSPS) is 10.4. The lowest BCUT2D eigenvalue weighted by Gasteiger charge is -2.00. The van der Waals surface area contributed by atoms with Gasteiger partial charge in [0.1, 0.15) is 5.01 Å². The van der Waals surface area contributed by atoms with E-state index in [1.165, 1.54) is 11.3 Å². The lowest BCUT2D eigenvalue weighted by molar-refractivity contribution is 0.0954. The van der Waals surface area contributed by atoms with Crippen LogP contribution in [-0.2, 0) is 6.54 Å². The molecule has 0 aromatic carbocycles. The van der Waals surface area contributed by atoms with Crippen molar-refractivity contribution in [1.29, 1.82) is 0 Å². The molecule has 0 aliphatic rings. The van der Waals surface area contributed by atoms with Crippen LogP contribution in [0.15, 0.2) is 47.4 Å². The average Bonchev–Trinajstić information content (AvgIpc) is 3.17. The minimum absolute atomic E-state index is 0.0593. The van der Waals surface area contributed by atoms with Crippen molar-refractivity contribution in [3.63, 3.8) is 0 Å². The van der Waals surface area contributed by atoms with Crippen molar-refractivity contribution in [1.82, 2.24) is 15.3 Å². The molecular formula is C14H11N3OS2. The van der Waals surface area contributed by atoms with Crippen LogP contribution in [0.4, 0.5) is 0 Å². The highest BCUT2D eigenvalue weighted by Crippen LogP contribution is 2.22. The topological polar surface area (TPSA) is 54.9 Å². The summed E-state index contributed by atoms with van der Waals surface area (Å²) in [7, 11) is 0. The van der Waals surface area contributed by atoms with E-state index in [2.05, 4.69) is 15.3 Å². The molecule has 0 aliphatic carbocycles. The van der Waals surface area contributed by atoms with E-state index < -0.39 is 0 Å². The molecule has 0 atom stereocenters. The van der Waals surface area contributed by atoms with Crippen LogP contribution in [0.5, 0.6) is 0 Å². The Morgan fingerprint density at radius 2 is 2.20 bits per heavy atom. The molecule has 4 nitrogen and oxygen atoms in total. The molecule has 20 heavy (non-hydrogen) atoms. The fourth-order valence-corrected chi connectivity index (χ4v) is 3.13. The summed E-state index contributed by atoms with van der Waals surface area (Å²) < 4.78 is 0. The van der Waals surface area contributed by atoms with E-state index in [1.807, 2.05) is 35.0 Å². The van der Waals surface area contributed by atoms with Crippen LogP contribution < -0.4 is 5.32 Å².